The van der Waals surface area contributed by atoms with E-state index in [1.54, 1.807) is 48.5 Å². The van der Waals surface area contributed by atoms with Gasteiger partial charge in [0.2, 0.25) is 0 Å². The van der Waals surface area contributed by atoms with E-state index in [1.165, 1.54) is 12.1 Å². The van der Waals surface area contributed by atoms with Gasteiger partial charge < -0.3 is 5.32 Å². The Kier molecular flexibility index (Phi) is 7.90. The third-order valence-corrected chi connectivity index (χ3v) is 6.73. The number of anilines is 2. The van der Waals surface area contributed by atoms with E-state index in [0.29, 0.717) is 16.3 Å². The van der Waals surface area contributed by atoms with Gasteiger partial charge in [-0.15, -0.1) is 0 Å². The van der Waals surface area contributed by atoms with Gasteiger partial charge in [0.1, 0.15) is 0 Å². The molecule has 0 heterocycles. The van der Waals surface area contributed by atoms with Gasteiger partial charge >= 0.3 is 0 Å². The van der Waals surface area contributed by atoms with Crippen LogP contribution in [0.3, 0.4) is 0 Å². The zero-order valence-electron chi connectivity index (χ0n) is 18.0. The first-order valence-electron chi connectivity index (χ1n) is 10.3. The molecule has 0 bridgehead atoms. The Morgan fingerprint density at radius 1 is 0.938 bits per heavy atom. The molecule has 3 aromatic carbocycles. The van der Waals surface area contributed by atoms with Crippen LogP contribution in [0.15, 0.2) is 77.7 Å². The van der Waals surface area contributed by atoms with Crippen LogP contribution in [-0.4, -0.2) is 32.3 Å². The van der Waals surface area contributed by atoms with Crippen LogP contribution < -0.4 is 10.0 Å². The average molecular weight is 472 g/mol. The summed E-state index contributed by atoms with van der Waals surface area (Å²) >= 11 is 6.05. The highest BCUT2D eigenvalue weighted by molar-refractivity contribution is 7.92. The predicted molar refractivity (Wildman–Crippen MR) is 130 cm³/mol. The van der Waals surface area contributed by atoms with Crippen LogP contribution in [0.1, 0.15) is 29.8 Å². The number of benzene rings is 3. The molecule has 0 unspecified atom stereocenters. The molecule has 0 spiro atoms. The second-order valence-corrected chi connectivity index (χ2v) is 9.32. The molecule has 0 aliphatic rings. The molecule has 168 valence electrons. The average Bonchev–Trinajstić information content (AvgIpc) is 2.79. The minimum atomic E-state index is -3.87. The first-order chi connectivity index (χ1) is 15.3. The number of hydrogen-bond donors (Lipinski definition) is 2. The molecule has 2 N–H and O–H groups in total. The van der Waals surface area contributed by atoms with Crippen molar-refractivity contribution in [2.24, 2.45) is 0 Å². The number of amides is 1. The summed E-state index contributed by atoms with van der Waals surface area (Å²) in [6.07, 6.45) is 0. The van der Waals surface area contributed by atoms with Crippen molar-refractivity contribution in [3.8, 4) is 0 Å². The molecule has 0 aliphatic carbocycles. The third kappa shape index (κ3) is 6.09. The molecular weight excluding hydrogens is 446 g/mol. The molecule has 0 saturated carbocycles. The molecule has 0 fully saturated rings. The maximum Gasteiger partial charge on any atom is 0.262 e. The normalized spacial score (nSPS) is 11.4. The Labute approximate surface area is 194 Å². The maximum absolute atomic E-state index is 12.8. The zero-order valence-corrected chi connectivity index (χ0v) is 19.6. The van der Waals surface area contributed by atoms with E-state index in [-0.39, 0.29) is 16.5 Å². The summed E-state index contributed by atoms with van der Waals surface area (Å²) in [7, 11) is -3.87. The number of rotatable bonds is 9. The van der Waals surface area contributed by atoms with Crippen molar-refractivity contribution in [1.82, 2.24) is 4.90 Å². The lowest BCUT2D eigenvalue weighted by atomic mass is 10.1. The highest BCUT2D eigenvalue weighted by Gasteiger charge is 2.17. The highest BCUT2D eigenvalue weighted by Crippen LogP contribution is 2.25. The number of carbonyl (C=O) groups is 1. The van der Waals surface area contributed by atoms with Gasteiger partial charge in [0.15, 0.2) is 0 Å². The van der Waals surface area contributed by atoms with Gasteiger partial charge in [-0.2, -0.15) is 0 Å². The fraction of sp³-hybridized carbons (Fsp3) is 0.208. The zero-order chi connectivity index (χ0) is 23.1. The Hall–Kier alpha value is -2.87. The van der Waals surface area contributed by atoms with Crippen LogP contribution in [0.2, 0.25) is 5.02 Å². The van der Waals surface area contributed by atoms with E-state index in [4.69, 9.17) is 11.6 Å². The second-order valence-electron chi connectivity index (χ2n) is 7.23. The lowest BCUT2D eigenvalue weighted by Crippen LogP contribution is -2.22. The van der Waals surface area contributed by atoms with Crippen LogP contribution in [-0.2, 0) is 16.6 Å². The summed E-state index contributed by atoms with van der Waals surface area (Å²) < 4.78 is 28.0. The Bertz CT molecular complexity index is 1180. The summed E-state index contributed by atoms with van der Waals surface area (Å²) in [6.45, 7) is 6.98. The summed E-state index contributed by atoms with van der Waals surface area (Å²) in [5.74, 6) is -0.312. The smallest absolute Gasteiger partial charge is 0.262 e. The first kappa shape index (κ1) is 23.8. The molecule has 3 rings (SSSR count). The summed E-state index contributed by atoms with van der Waals surface area (Å²) in [5, 5.41) is 3.06. The van der Waals surface area contributed by atoms with Gasteiger partial charge in [-0.25, -0.2) is 8.42 Å². The van der Waals surface area contributed by atoms with E-state index >= 15 is 0 Å². The van der Waals surface area contributed by atoms with Gasteiger partial charge in [-0.1, -0.05) is 55.8 Å². The van der Waals surface area contributed by atoms with Crippen LogP contribution in [0.5, 0.6) is 0 Å². The van der Waals surface area contributed by atoms with Crippen molar-refractivity contribution >= 4 is 38.9 Å². The number of nitrogens with zero attached hydrogens (tertiary/aromatic N) is 1. The van der Waals surface area contributed by atoms with Gasteiger partial charge in [0.25, 0.3) is 15.9 Å². The largest absolute Gasteiger partial charge is 0.322 e. The lowest BCUT2D eigenvalue weighted by Gasteiger charge is -2.18. The summed E-state index contributed by atoms with van der Waals surface area (Å²) in [4.78, 5) is 15.0. The molecular formula is C24H26ClN3O3S. The summed E-state index contributed by atoms with van der Waals surface area (Å²) in [5.41, 5.74) is 2.29. The minimum absolute atomic E-state index is 0.0183. The number of para-hydroxylation sites is 1. The van der Waals surface area contributed by atoms with Crippen LogP contribution in [0.25, 0.3) is 0 Å². The number of nitrogens with one attached hydrogen (secondary N) is 2. The van der Waals surface area contributed by atoms with E-state index in [1.807, 2.05) is 12.1 Å². The van der Waals surface area contributed by atoms with Gasteiger partial charge in [0.05, 0.1) is 15.6 Å². The third-order valence-electron chi connectivity index (χ3n) is 5.04. The standard InChI is InChI=1S/C24H26ClN3O3S/c1-3-28(4-2)17-18-12-14-19(15-13-18)24(29)26-20-8-7-9-21(16-20)32(30,31)27-23-11-6-5-10-22(23)25/h5-16,27H,3-4,17H2,1-2H3,(H,26,29). The fourth-order valence-electron chi connectivity index (χ4n) is 3.16. The quantitative estimate of drug-likeness (QED) is 0.447. The molecule has 8 heteroatoms. The Morgan fingerprint density at radius 2 is 1.62 bits per heavy atom. The topological polar surface area (TPSA) is 78.5 Å². The van der Waals surface area contributed by atoms with E-state index in [0.717, 1.165) is 25.2 Å². The van der Waals surface area contributed by atoms with E-state index < -0.39 is 10.0 Å². The first-order valence-corrected chi connectivity index (χ1v) is 12.2. The van der Waals surface area contributed by atoms with E-state index in [2.05, 4.69) is 28.8 Å². The highest BCUT2D eigenvalue weighted by atomic mass is 35.5. The second kappa shape index (κ2) is 10.6. The molecule has 0 aliphatic heterocycles. The number of halogens is 1. The van der Waals surface area contributed by atoms with E-state index in [9.17, 15) is 13.2 Å². The number of carbonyl (C=O) groups excluding carboxylic acids is 1. The molecule has 6 nitrogen and oxygen atoms in total. The van der Waals surface area contributed by atoms with Crippen molar-refractivity contribution in [2.75, 3.05) is 23.1 Å². The van der Waals surface area contributed by atoms with Crippen LogP contribution in [0, 0.1) is 0 Å². The molecule has 0 atom stereocenters. The molecule has 3 aromatic rings. The molecule has 0 saturated heterocycles. The van der Waals surface area contributed by atoms with Gasteiger partial charge in [-0.05, 0) is 61.1 Å². The fourth-order valence-corrected chi connectivity index (χ4v) is 4.52. The lowest BCUT2D eigenvalue weighted by molar-refractivity contribution is 0.102. The molecule has 32 heavy (non-hydrogen) atoms. The van der Waals surface area contributed by atoms with Crippen molar-refractivity contribution in [1.29, 1.82) is 0 Å². The molecule has 0 aromatic heterocycles. The van der Waals surface area contributed by atoms with Crippen molar-refractivity contribution in [3.05, 3.63) is 88.9 Å². The van der Waals surface area contributed by atoms with Crippen LogP contribution >= 0.6 is 11.6 Å². The Balaban J connectivity index is 1.71. The maximum atomic E-state index is 12.8. The molecule has 1 amide bonds. The van der Waals surface area contributed by atoms with Crippen molar-refractivity contribution in [2.45, 2.75) is 25.3 Å². The summed E-state index contributed by atoms with van der Waals surface area (Å²) in [6, 6.07) is 20.1. The molecule has 0 radical (unpaired) electrons. The number of sulfonamides is 1. The van der Waals surface area contributed by atoms with Gasteiger partial charge in [0, 0.05) is 17.8 Å². The SMILES string of the molecule is CCN(CC)Cc1ccc(C(=O)Nc2cccc(S(=O)(=O)Nc3ccccc3Cl)c2)cc1. The minimum Gasteiger partial charge on any atom is -0.322 e. The van der Waals surface area contributed by atoms with Crippen molar-refractivity contribution in [3.63, 3.8) is 0 Å². The van der Waals surface area contributed by atoms with Gasteiger partial charge in [-0.3, -0.25) is 14.4 Å². The monoisotopic (exact) mass is 471 g/mol. The van der Waals surface area contributed by atoms with Crippen LogP contribution in [0.4, 0.5) is 11.4 Å². The predicted octanol–water partition coefficient (Wildman–Crippen LogP) is 5.23. The Morgan fingerprint density at radius 3 is 2.28 bits per heavy atom. The van der Waals surface area contributed by atoms with Crippen molar-refractivity contribution < 1.29 is 13.2 Å². The number of hydrogen-bond acceptors (Lipinski definition) is 4.